The number of hydrogen-bond acceptors (Lipinski definition) is 4. The third-order valence-electron chi connectivity index (χ3n) is 4.15. The van der Waals surface area contributed by atoms with Crippen LogP contribution in [0, 0.1) is 6.92 Å². The van der Waals surface area contributed by atoms with Gasteiger partial charge in [-0.2, -0.15) is 0 Å². The van der Waals surface area contributed by atoms with Crippen molar-refractivity contribution in [3.63, 3.8) is 0 Å². The van der Waals surface area contributed by atoms with Crippen molar-refractivity contribution in [1.29, 1.82) is 0 Å². The summed E-state index contributed by atoms with van der Waals surface area (Å²) in [5.74, 6) is 1.05. The Bertz CT molecular complexity index is 666. The summed E-state index contributed by atoms with van der Waals surface area (Å²) >= 11 is 1.60. The van der Waals surface area contributed by atoms with Crippen LogP contribution in [0.4, 0.5) is 0 Å². The molecule has 0 N–H and O–H groups in total. The minimum absolute atomic E-state index is 0.173. The van der Waals surface area contributed by atoms with Gasteiger partial charge < -0.3 is 9.64 Å². The van der Waals surface area contributed by atoms with Crippen LogP contribution in [0.2, 0.25) is 0 Å². The molecular formula is C18H22N2O2S. The van der Waals surface area contributed by atoms with Crippen LogP contribution in [0.3, 0.4) is 0 Å². The predicted octanol–water partition coefficient (Wildman–Crippen LogP) is 3.76. The molecule has 1 aromatic heterocycles. The number of aromatic nitrogens is 1. The summed E-state index contributed by atoms with van der Waals surface area (Å²) in [6.45, 7) is 5.45. The maximum absolute atomic E-state index is 12.6. The van der Waals surface area contributed by atoms with Crippen LogP contribution in [0.5, 0.6) is 5.75 Å². The molecule has 0 spiro atoms. The highest BCUT2D eigenvalue weighted by atomic mass is 32.1. The van der Waals surface area contributed by atoms with Gasteiger partial charge in [-0.05, 0) is 44.4 Å². The molecule has 1 unspecified atom stereocenters. The van der Waals surface area contributed by atoms with E-state index >= 15 is 0 Å². The minimum Gasteiger partial charge on any atom is -0.494 e. The molecule has 1 fully saturated rings. The predicted molar refractivity (Wildman–Crippen MR) is 91.9 cm³/mol. The van der Waals surface area contributed by atoms with Crippen LogP contribution in [0.15, 0.2) is 29.6 Å². The van der Waals surface area contributed by atoms with Crippen LogP contribution in [-0.4, -0.2) is 28.9 Å². The van der Waals surface area contributed by atoms with Crippen molar-refractivity contribution in [2.24, 2.45) is 0 Å². The minimum atomic E-state index is 0.173. The van der Waals surface area contributed by atoms with Crippen LogP contribution in [0.1, 0.15) is 42.1 Å². The van der Waals surface area contributed by atoms with Crippen LogP contribution >= 0.6 is 11.3 Å². The van der Waals surface area contributed by atoms with E-state index in [9.17, 15) is 4.79 Å². The highest BCUT2D eigenvalue weighted by Gasteiger charge is 2.30. The first kappa shape index (κ1) is 16.0. The Morgan fingerprint density at radius 1 is 1.39 bits per heavy atom. The number of nitrogens with zero attached hydrogens (tertiary/aromatic N) is 2. The zero-order valence-electron chi connectivity index (χ0n) is 13.6. The quantitative estimate of drug-likeness (QED) is 0.838. The van der Waals surface area contributed by atoms with Gasteiger partial charge in [-0.3, -0.25) is 4.79 Å². The fraction of sp³-hybridized carbons (Fsp3) is 0.444. The third kappa shape index (κ3) is 3.72. The van der Waals surface area contributed by atoms with Crippen LogP contribution < -0.4 is 4.74 Å². The molecule has 2 aromatic rings. The van der Waals surface area contributed by atoms with Crippen molar-refractivity contribution in [3.8, 4) is 5.75 Å². The molecule has 122 valence electrons. The number of thiazole rings is 1. The van der Waals surface area contributed by atoms with E-state index in [1.54, 1.807) is 11.3 Å². The van der Waals surface area contributed by atoms with E-state index < -0.39 is 0 Å². The topological polar surface area (TPSA) is 42.4 Å². The lowest BCUT2D eigenvalue weighted by Gasteiger charge is -2.25. The fourth-order valence-electron chi connectivity index (χ4n) is 3.11. The SMILES string of the molecule is CCOc1ccc(C2CCCN2C(=O)Cc2csc(C)n2)cc1. The first-order chi connectivity index (χ1) is 11.2. The highest BCUT2D eigenvalue weighted by molar-refractivity contribution is 7.09. The molecule has 1 amide bonds. The summed E-state index contributed by atoms with van der Waals surface area (Å²) in [5.41, 5.74) is 2.07. The molecule has 0 aliphatic carbocycles. The van der Waals surface area contributed by atoms with Gasteiger partial charge in [-0.1, -0.05) is 12.1 Å². The third-order valence-corrected chi connectivity index (χ3v) is 4.97. The number of rotatable bonds is 5. The molecule has 5 heteroatoms. The number of likely N-dealkylation sites (tertiary alicyclic amines) is 1. The van der Waals surface area contributed by atoms with Gasteiger partial charge in [-0.25, -0.2) is 4.98 Å². The molecule has 4 nitrogen and oxygen atoms in total. The number of ether oxygens (including phenoxy) is 1. The average molecular weight is 330 g/mol. The van der Waals surface area contributed by atoms with E-state index in [0.29, 0.717) is 13.0 Å². The molecule has 0 saturated carbocycles. The van der Waals surface area contributed by atoms with Crippen molar-refractivity contribution >= 4 is 17.2 Å². The van der Waals surface area contributed by atoms with Gasteiger partial charge in [0.15, 0.2) is 0 Å². The second-order valence-electron chi connectivity index (χ2n) is 5.78. The largest absolute Gasteiger partial charge is 0.494 e. The number of aryl methyl sites for hydroxylation is 1. The van der Waals surface area contributed by atoms with E-state index in [-0.39, 0.29) is 11.9 Å². The number of carbonyl (C=O) groups is 1. The summed E-state index contributed by atoms with van der Waals surface area (Å²) in [5, 5.41) is 2.99. The molecule has 1 saturated heterocycles. The zero-order valence-corrected chi connectivity index (χ0v) is 14.4. The molecule has 23 heavy (non-hydrogen) atoms. The maximum Gasteiger partial charge on any atom is 0.229 e. The molecule has 0 radical (unpaired) electrons. The van der Waals surface area contributed by atoms with Gasteiger partial charge in [-0.15, -0.1) is 11.3 Å². The summed E-state index contributed by atoms with van der Waals surface area (Å²) in [4.78, 5) is 19.1. The molecule has 1 atom stereocenters. The molecule has 1 aliphatic heterocycles. The van der Waals surface area contributed by atoms with Crippen LogP contribution in [-0.2, 0) is 11.2 Å². The Hall–Kier alpha value is -1.88. The van der Waals surface area contributed by atoms with Crippen molar-refractivity contribution < 1.29 is 9.53 Å². The van der Waals surface area contributed by atoms with E-state index in [2.05, 4.69) is 17.1 Å². The number of hydrogen-bond donors (Lipinski definition) is 0. The Balaban J connectivity index is 1.70. The smallest absolute Gasteiger partial charge is 0.229 e. The monoisotopic (exact) mass is 330 g/mol. The fourth-order valence-corrected chi connectivity index (χ4v) is 3.72. The van der Waals surface area contributed by atoms with E-state index in [4.69, 9.17) is 4.74 Å². The molecule has 0 bridgehead atoms. The van der Waals surface area contributed by atoms with Gasteiger partial charge in [0.25, 0.3) is 0 Å². The number of amides is 1. The summed E-state index contributed by atoms with van der Waals surface area (Å²) in [6, 6.07) is 8.31. The highest BCUT2D eigenvalue weighted by Crippen LogP contribution is 2.33. The first-order valence-electron chi connectivity index (χ1n) is 8.10. The van der Waals surface area contributed by atoms with Crippen molar-refractivity contribution in [2.75, 3.05) is 13.2 Å². The second kappa shape index (κ2) is 7.13. The van der Waals surface area contributed by atoms with E-state index in [0.717, 1.165) is 35.8 Å². The Morgan fingerprint density at radius 3 is 2.83 bits per heavy atom. The van der Waals surface area contributed by atoms with Crippen molar-refractivity contribution in [1.82, 2.24) is 9.88 Å². The van der Waals surface area contributed by atoms with E-state index in [1.807, 2.05) is 36.3 Å². The lowest BCUT2D eigenvalue weighted by atomic mass is 10.0. The van der Waals surface area contributed by atoms with Crippen LogP contribution in [0.25, 0.3) is 0 Å². The van der Waals surface area contributed by atoms with Gasteiger partial charge in [0.1, 0.15) is 5.75 Å². The van der Waals surface area contributed by atoms with Crippen molar-refractivity contribution in [3.05, 3.63) is 45.9 Å². The average Bonchev–Trinajstić information content (AvgIpc) is 3.17. The lowest BCUT2D eigenvalue weighted by Crippen LogP contribution is -2.31. The lowest BCUT2D eigenvalue weighted by molar-refractivity contribution is -0.131. The summed E-state index contributed by atoms with van der Waals surface area (Å²) in [6.07, 6.45) is 2.48. The molecule has 3 rings (SSSR count). The number of carbonyl (C=O) groups excluding carboxylic acids is 1. The van der Waals surface area contributed by atoms with Gasteiger partial charge in [0.2, 0.25) is 5.91 Å². The maximum atomic E-state index is 12.6. The molecular weight excluding hydrogens is 308 g/mol. The van der Waals surface area contributed by atoms with E-state index in [1.165, 1.54) is 5.56 Å². The Labute approximate surface area is 141 Å². The summed E-state index contributed by atoms with van der Waals surface area (Å²) < 4.78 is 5.49. The Morgan fingerprint density at radius 2 is 2.17 bits per heavy atom. The van der Waals surface area contributed by atoms with Gasteiger partial charge >= 0.3 is 0 Å². The number of benzene rings is 1. The zero-order chi connectivity index (χ0) is 16.2. The van der Waals surface area contributed by atoms with Crippen molar-refractivity contribution in [2.45, 2.75) is 39.2 Å². The second-order valence-corrected chi connectivity index (χ2v) is 6.84. The van der Waals surface area contributed by atoms with Gasteiger partial charge in [0.05, 0.1) is 29.8 Å². The van der Waals surface area contributed by atoms with Gasteiger partial charge in [0, 0.05) is 11.9 Å². The normalized spacial score (nSPS) is 17.5. The Kier molecular flexibility index (Phi) is 4.96. The molecule has 1 aliphatic rings. The first-order valence-corrected chi connectivity index (χ1v) is 8.98. The standard InChI is InChI=1S/C18H22N2O2S/c1-3-22-16-8-6-14(7-9-16)17-5-4-10-20(17)18(21)11-15-12-23-13(2)19-15/h6-9,12,17H,3-5,10-11H2,1-2H3. The molecule has 2 heterocycles. The summed E-state index contributed by atoms with van der Waals surface area (Å²) in [7, 11) is 0. The molecule has 1 aromatic carbocycles.